The highest BCUT2D eigenvalue weighted by molar-refractivity contribution is 5.89. The Morgan fingerprint density at radius 2 is 1.76 bits per heavy atom. The molecule has 0 atom stereocenters. The van der Waals surface area contributed by atoms with E-state index in [1.807, 2.05) is 0 Å². The summed E-state index contributed by atoms with van der Waals surface area (Å²) in [4.78, 5) is 35.0. The normalized spacial score (nSPS) is 11.1. The lowest BCUT2D eigenvalue weighted by atomic mass is 10.0. The van der Waals surface area contributed by atoms with Gasteiger partial charge < -0.3 is 19.4 Å². The molecular weight excluding hydrogens is 376 g/mol. The molecule has 148 valence electrons. The lowest BCUT2D eigenvalue weighted by Gasteiger charge is -2.11. The molecule has 1 heterocycles. The Bertz CT molecular complexity index is 1180. The van der Waals surface area contributed by atoms with Crippen LogP contribution in [0.5, 0.6) is 5.75 Å². The second-order valence-corrected chi connectivity index (χ2v) is 6.37. The predicted octanol–water partition coefficient (Wildman–Crippen LogP) is 3.61. The first-order valence-corrected chi connectivity index (χ1v) is 8.68. The molecule has 7 heteroatoms. The highest BCUT2D eigenvalue weighted by Gasteiger charge is 2.18. The van der Waals surface area contributed by atoms with Gasteiger partial charge in [0.1, 0.15) is 17.1 Å². The molecule has 3 rings (SSSR count). The van der Waals surface area contributed by atoms with Crippen LogP contribution in [0, 0.1) is 6.92 Å². The van der Waals surface area contributed by atoms with E-state index < -0.39 is 11.9 Å². The van der Waals surface area contributed by atoms with Crippen molar-refractivity contribution in [3.05, 3.63) is 74.6 Å². The Hall–Kier alpha value is -3.87. The Balaban J connectivity index is 2.12. The standard InChI is InChI=1S/C22H18O7/c1-12-17(9-5-13-3-6-14(7-4-13)22(26)27)29-21-15(20(12)25)8-10-18(28-2)16(21)11-19(23)24/h3-10H,11H2,1-2H3,(H,23,24)(H,26,27)/b9-5+. The van der Waals surface area contributed by atoms with E-state index in [0.717, 1.165) is 0 Å². The van der Waals surface area contributed by atoms with Crippen molar-refractivity contribution >= 4 is 35.1 Å². The summed E-state index contributed by atoms with van der Waals surface area (Å²) in [6, 6.07) is 9.32. The van der Waals surface area contributed by atoms with Gasteiger partial charge in [-0.25, -0.2) is 4.79 Å². The number of carboxylic acid groups (broad SMARTS) is 2. The third kappa shape index (κ3) is 4.03. The van der Waals surface area contributed by atoms with E-state index in [2.05, 4.69) is 0 Å². The zero-order valence-electron chi connectivity index (χ0n) is 15.8. The number of aliphatic carboxylic acids is 1. The molecule has 0 spiro atoms. The van der Waals surface area contributed by atoms with Gasteiger partial charge in [0.25, 0.3) is 0 Å². The second-order valence-electron chi connectivity index (χ2n) is 6.37. The fraction of sp³-hybridized carbons (Fsp3) is 0.136. The lowest BCUT2D eigenvalue weighted by Crippen LogP contribution is -2.10. The molecule has 0 unspecified atom stereocenters. The summed E-state index contributed by atoms with van der Waals surface area (Å²) in [7, 11) is 1.42. The number of rotatable bonds is 6. The van der Waals surface area contributed by atoms with E-state index in [4.69, 9.17) is 14.3 Å². The summed E-state index contributed by atoms with van der Waals surface area (Å²) >= 11 is 0. The molecule has 0 saturated carbocycles. The number of aromatic carboxylic acids is 1. The van der Waals surface area contributed by atoms with Crippen LogP contribution in [-0.2, 0) is 11.2 Å². The molecule has 2 aromatic carbocycles. The van der Waals surface area contributed by atoms with E-state index in [1.165, 1.54) is 19.2 Å². The molecule has 0 bridgehead atoms. The topological polar surface area (TPSA) is 114 Å². The quantitative estimate of drug-likeness (QED) is 0.656. The first-order valence-electron chi connectivity index (χ1n) is 8.68. The molecule has 29 heavy (non-hydrogen) atoms. The Morgan fingerprint density at radius 3 is 2.34 bits per heavy atom. The van der Waals surface area contributed by atoms with E-state index in [1.54, 1.807) is 43.3 Å². The van der Waals surface area contributed by atoms with Gasteiger partial charge in [0.05, 0.1) is 24.5 Å². The van der Waals surface area contributed by atoms with Crippen LogP contribution in [-0.4, -0.2) is 29.3 Å². The summed E-state index contributed by atoms with van der Waals surface area (Å²) in [6.45, 7) is 1.62. The van der Waals surface area contributed by atoms with Crippen LogP contribution in [0.1, 0.15) is 32.8 Å². The van der Waals surface area contributed by atoms with E-state index in [0.29, 0.717) is 16.9 Å². The van der Waals surface area contributed by atoms with Crippen molar-refractivity contribution in [1.82, 2.24) is 0 Å². The van der Waals surface area contributed by atoms with Crippen molar-refractivity contribution in [3.63, 3.8) is 0 Å². The zero-order valence-corrected chi connectivity index (χ0v) is 15.8. The smallest absolute Gasteiger partial charge is 0.335 e. The number of ether oxygens (including phenoxy) is 1. The van der Waals surface area contributed by atoms with E-state index in [-0.39, 0.29) is 39.7 Å². The Kier molecular flexibility index (Phi) is 5.50. The van der Waals surface area contributed by atoms with Crippen molar-refractivity contribution < 1.29 is 29.0 Å². The molecule has 0 saturated heterocycles. The lowest BCUT2D eigenvalue weighted by molar-refractivity contribution is -0.136. The van der Waals surface area contributed by atoms with Crippen LogP contribution < -0.4 is 10.2 Å². The average Bonchev–Trinajstić information content (AvgIpc) is 2.70. The van der Waals surface area contributed by atoms with Gasteiger partial charge in [0.15, 0.2) is 5.43 Å². The van der Waals surface area contributed by atoms with Crippen molar-refractivity contribution in [2.45, 2.75) is 13.3 Å². The molecule has 1 aromatic heterocycles. The van der Waals surface area contributed by atoms with E-state index in [9.17, 15) is 19.5 Å². The first kappa shape index (κ1) is 19.9. The molecule has 2 N–H and O–H groups in total. The van der Waals surface area contributed by atoms with Crippen LogP contribution in [0.3, 0.4) is 0 Å². The predicted molar refractivity (Wildman–Crippen MR) is 107 cm³/mol. The van der Waals surface area contributed by atoms with Gasteiger partial charge in [-0.15, -0.1) is 0 Å². The maximum atomic E-state index is 12.8. The minimum Gasteiger partial charge on any atom is -0.496 e. The van der Waals surface area contributed by atoms with Crippen molar-refractivity contribution in [1.29, 1.82) is 0 Å². The van der Waals surface area contributed by atoms with Gasteiger partial charge in [-0.05, 0) is 42.8 Å². The minimum atomic E-state index is -1.07. The molecule has 0 aliphatic heterocycles. The van der Waals surface area contributed by atoms with Gasteiger partial charge in [0, 0.05) is 11.1 Å². The first-order chi connectivity index (χ1) is 13.8. The summed E-state index contributed by atoms with van der Waals surface area (Å²) in [6.07, 6.45) is 2.92. The number of methoxy groups -OCH3 is 1. The number of carboxylic acids is 2. The molecule has 0 aliphatic rings. The summed E-state index contributed by atoms with van der Waals surface area (Å²) in [5.74, 6) is -1.48. The minimum absolute atomic E-state index is 0.168. The zero-order chi connectivity index (χ0) is 21.1. The SMILES string of the molecule is COc1ccc2c(=O)c(C)c(/C=C/c3ccc(C(=O)O)cc3)oc2c1CC(=O)O. The molecule has 7 nitrogen and oxygen atoms in total. The van der Waals surface area contributed by atoms with Crippen LogP contribution >= 0.6 is 0 Å². The van der Waals surface area contributed by atoms with Crippen molar-refractivity contribution in [2.24, 2.45) is 0 Å². The molecular formula is C22H18O7. The number of fused-ring (bicyclic) bond motifs is 1. The number of benzene rings is 2. The summed E-state index contributed by atoms with van der Waals surface area (Å²) < 4.78 is 11.1. The molecule has 0 radical (unpaired) electrons. The van der Waals surface area contributed by atoms with Gasteiger partial charge in [0.2, 0.25) is 0 Å². The van der Waals surface area contributed by atoms with Gasteiger partial charge in [-0.2, -0.15) is 0 Å². The third-order valence-electron chi connectivity index (χ3n) is 4.52. The fourth-order valence-corrected chi connectivity index (χ4v) is 2.98. The summed E-state index contributed by atoms with van der Waals surface area (Å²) in [5, 5.41) is 18.5. The van der Waals surface area contributed by atoms with Gasteiger partial charge in [-0.3, -0.25) is 9.59 Å². The second kappa shape index (κ2) is 8.02. The van der Waals surface area contributed by atoms with Gasteiger partial charge in [-0.1, -0.05) is 18.2 Å². The van der Waals surface area contributed by atoms with Crippen LogP contribution in [0.2, 0.25) is 0 Å². The van der Waals surface area contributed by atoms with Crippen molar-refractivity contribution in [3.8, 4) is 5.75 Å². The maximum absolute atomic E-state index is 12.8. The third-order valence-corrected chi connectivity index (χ3v) is 4.52. The fourth-order valence-electron chi connectivity index (χ4n) is 2.98. The molecule has 3 aromatic rings. The van der Waals surface area contributed by atoms with Crippen LogP contribution in [0.4, 0.5) is 0 Å². The maximum Gasteiger partial charge on any atom is 0.335 e. The summed E-state index contributed by atoms with van der Waals surface area (Å²) in [5.41, 5.74) is 1.46. The highest BCUT2D eigenvalue weighted by atomic mass is 16.5. The monoisotopic (exact) mass is 394 g/mol. The Morgan fingerprint density at radius 1 is 1.07 bits per heavy atom. The number of hydrogen-bond donors (Lipinski definition) is 2. The van der Waals surface area contributed by atoms with Crippen LogP contribution in [0.25, 0.3) is 23.1 Å². The van der Waals surface area contributed by atoms with E-state index >= 15 is 0 Å². The highest BCUT2D eigenvalue weighted by Crippen LogP contribution is 2.29. The Labute approximate surface area is 165 Å². The largest absolute Gasteiger partial charge is 0.496 e. The van der Waals surface area contributed by atoms with Crippen LogP contribution in [0.15, 0.2) is 45.6 Å². The number of carbonyl (C=O) groups is 2. The average molecular weight is 394 g/mol. The van der Waals surface area contributed by atoms with Gasteiger partial charge >= 0.3 is 11.9 Å². The van der Waals surface area contributed by atoms with Crippen molar-refractivity contribution in [2.75, 3.05) is 7.11 Å². The molecule has 0 amide bonds. The molecule has 0 fully saturated rings. The number of hydrogen-bond acceptors (Lipinski definition) is 5. The molecule has 0 aliphatic carbocycles.